The van der Waals surface area contributed by atoms with Crippen molar-refractivity contribution >= 4 is 39.2 Å². The lowest BCUT2D eigenvalue weighted by atomic mass is 10.0. The van der Waals surface area contributed by atoms with Crippen LogP contribution in [-0.4, -0.2) is 22.1 Å². The van der Waals surface area contributed by atoms with Crippen LogP contribution >= 0.6 is 11.6 Å². The number of ether oxygens (including phenoxy) is 1. The van der Waals surface area contributed by atoms with Gasteiger partial charge in [-0.05, 0) is 41.5 Å². The minimum absolute atomic E-state index is 0.257. The summed E-state index contributed by atoms with van der Waals surface area (Å²) in [5, 5.41) is 12.2. The van der Waals surface area contributed by atoms with E-state index in [0.29, 0.717) is 22.9 Å². The molecule has 1 unspecified atom stereocenters. The number of fused-ring (bicyclic) bond motifs is 1. The van der Waals surface area contributed by atoms with Crippen molar-refractivity contribution in [1.29, 1.82) is 0 Å². The highest BCUT2D eigenvalue weighted by Gasteiger charge is 2.30. The van der Waals surface area contributed by atoms with Gasteiger partial charge in [0.1, 0.15) is 5.75 Å². The zero-order chi connectivity index (χ0) is 16.2. The molecule has 23 heavy (non-hydrogen) atoms. The number of benzene rings is 2. The highest BCUT2D eigenvalue weighted by Crippen LogP contribution is 2.30. The number of carbonyl (C=O) groups excluding carboxylic acids is 1. The largest absolute Gasteiger partial charge is 0.480 e. The molecule has 118 valence electrons. The smallest absolute Gasteiger partial charge is 0.265 e. The van der Waals surface area contributed by atoms with Crippen molar-refractivity contribution in [3.8, 4) is 5.75 Å². The van der Waals surface area contributed by atoms with Crippen LogP contribution in [0.2, 0.25) is 5.02 Å². The third-order valence-electron chi connectivity index (χ3n) is 3.37. The predicted molar refractivity (Wildman–Crippen MR) is 91.2 cm³/mol. The average Bonchev–Trinajstić information content (AvgIpc) is 2.56. The Morgan fingerprint density at radius 3 is 2.83 bits per heavy atom. The fourth-order valence-corrected chi connectivity index (χ4v) is 3.08. The lowest BCUT2D eigenvalue weighted by Gasteiger charge is -2.26. The predicted octanol–water partition coefficient (Wildman–Crippen LogP) is 3.31. The maximum atomic E-state index is 12.4. The molecule has 0 fully saturated rings. The number of anilines is 1. The molecule has 0 saturated heterocycles. The molecule has 5 nitrogen and oxygen atoms in total. The van der Waals surface area contributed by atoms with Crippen LogP contribution in [0.3, 0.4) is 0 Å². The quantitative estimate of drug-likeness (QED) is 0.646. The lowest BCUT2D eigenvalue weighted by molar-refractivity contribution is -0.122. The van der Waals surface area contributed by atoms with Crippen LogP contribution in [0.25, 0.3) is 0 Å². The molecule has 3 rings (SSSR count). The molecule has 2 aromatic rings. The molecular formula is C16H13ClN2O3S. The van der Waals surface area contributed by atoms with E-state index in [-0.39, 0.29) is 5.91 Å². The highest BCUT2D eigenvalue weighted by atomic mass is 35.5. The molecule has 1 atom stereocenters. The van der Waals surface area contributed by atoms with Gasteiger partial charge in [0.15, 0.2) is 6.10 Å². The van der Waals surface area contributed by atoms with E-state index < -0.39 is 6.10 Å². The minimum atomic E-state index is -0.701. The summed E-state index contributed by atoms with van der Waals surface area (Å²) in [5.41, 5.74) is 1.44. The van der Waals surface area contributed by atoms with Crippen LogP contribution in [0.4, 0.5) is 5.69 Å². The standard InChI is InChI=1S/C16H13ClN2O3S/c17-10-6-7-13-12(8-10)15(23-19-21)9-14(22-13)16(20)18-11-4-2-1-3-5-11/h1-8,14,21H,9H2,(H,18,20). The molecule has 7 heteroatoms. The van der Waals surface area contributed by atoms with E-state index in [0.717, 1.165) is 21.6 Å². The van der Waals surface area contributed by atoms with Crippen LogP contribution in [0.1, 0.15) is 12.0 Å². The fourth-order valence-electron chi connectivity index (χ4n) is 2.32. The number of nitrogens with one attached hydrogen (secondary N) is 1. The Morgan fingerprint density at radius 2 is 2.09 bits per heavy atom. The lowest BCUT2D eigenvalue weighted by Crippen LogP contribution is -2.38. The first-order valence-electron chi connectivity index (χ1n) is 6.87. The Morgan fingerprint density at radius 1 is 1.30 bits per heavy atom. The number of rotatable bonds is 2. The van der Waals surface area contributed by atoms with Gasteiger partial charge in [-0.15, -0.1) is 0 Å². The van der Waals surface area contributed by atoms with Crippen molar-refractivity contribution in [3.63, 3.8) is 0 Å². The van der Waals surface area contributed by atoms with Gasteiger partial charge in [0.2, 0.25) is 0 Å². The van der Waals surface area contributed by atoms with Crippen LogP contribution in [0, 0.1) is 0 Å². The monoisotopic (exact) mass is 348 g/mol. The van der Waals surface area contributed by atoms with Gasteiger partial charge in [-0.2, -0.15) is 0 Å². The third kappa shape index (κ3) is 3.61. The summed E-state index contributed by atoms with van der Waals surface area (Å²) < 4.78 is 8.88. The van der Waals surface area contributed by atoms with Gasteiger partial charge in [0.05, 0.1) is 0 Å². The molecule has 0 saturated carbocycles. The Kier molecular flexibility index (Phi) is 4.76. The number of carbonyl (C=O) groups is 1. The first kappa shape index (κ1) is 15.7. The second-order valence-electron chi connectivity index (χ2n) is 4.90. The van der Waals surface area contributed by atoms with Crippen LogP contribution in [0.5, 0.6) is 5.75 Å². The van der Waals surface area contributed by atoms with E-state index in [1.54, 1.807) is 30.3 Å². The summed E-state index contributed by atoms with van der Waals surface area (Å²) in [6, 6.07) is 14.3. The number of para-hydroxylation sites is 1. The van der Waals surface area contributed by atoms with Crippen LogP contribution < -0.4 is 10.1 Å². The van der Waals surface area contributed by atoms with Crippen LogP contribution in [-0.2, 0) is 15.9 Å². The Labute approximate surface area is 141 Å². The third-order valence-corrected chi connectivity index (χ3v) is 4.29. The normalized spacial score (nSPS) is 16.1. The Hall–Kier alpha value is -2.15. The molecule has 0 bridgehead atoms. The minimum Gasteiger partial charge on any atom is -0.480 e. The molecule has 0 aliphatic carbocycles. The number of halogens is 1. The molecular weight excluding hydrogens is 336 g/mol. The summed E-state index contributed by atoms with van der Waals surface area (Å²) in [7, 11) is 0. The molecule has 1 aliphatic rings. The molecule has 0 spiro atoms. The second kappa shape index (κ2) is 6.95. The molecule has 2 aromatic carbocycles. The van der Waals surface area contributed by atoms with E-state index in [1.807, 2.05) is 18.2 Å². The van der Waals surface area contributed by atoms with E-state index in [4.69, 9.17) is 21.5 Å². The van der Waals surface area contributed by atoms with Crippen molar-refractivity contribution in [2.75, 3.05) is 5.32 Å². The van der Waals surface area contributed by atoms with E-state index in [1.165, 1.54) is 0 Å². The summed E-state index contributed by atoms with van der Waals surface area (Å²) in [5.74, 6) is 0.285. The Balaban J connectivity index is 1.87. The maximum absolute atomic E-state index is 12.4. The topological polar surface area (TPSA) is 70.9 Å². The van der Waals surface area contributed by atoms with Crippen LogP contribution in [0.15, 0.2) is 53.1 Å². The van der Waals surface area contributed by atoms with E-state index >= 15 is 0 Å². The van der Waals surface area contributed by atoms with Gasteiger partial charge in [0, 0.05) is 27.6 Å². The molecule has 0 aromatic heterocycles. The SMILES string of the molecule is O=C(Nc1ccccc1)C1CC(=S=NO)c2cc(Cl)ccc2O1. The van der Waals surface area contributed by atoms with Gasteiger partial charge >= 0.3 is 0 Å². The van der Waals surface area contributed by atoms with Gasteiger partial charge in [-0.3, -0.25) is 10.0 Å². The van der Waals surface area contributed by atoms with Crippen molar-refractivity contribution < 1.29 is 14.7 Å². The van der Waals surface area contributed by atoms with Gasteiger partial charge < -0.3 is 10.1 Å². The number of nitrogens with zero attached hydrogens (tertiary/aromatic N) is 1. The maximum Gasteiger partial charge on any atom is 0.265 e. The first-order valence-corrected chi connectivity index (χ1v) is 8.02. The van der Waals surface area contributed by atoms with Crippen molar-refractivity contribution in [1.82, 2.24) is 0 Å². The first-order chi connectivity index (χ1) is 11.2. The van der Waals surface area contributed by atoms with Gasteiger partial charge in [-0.1, -0.05) is 34.3 Å². The van der Waals surface area contributed by atoms with Crippen molar-refractivity contribution in [3.05, 3.63) is 59.1 Å². The van der Waals surface area contributed by atoms with Crippen molar-refractivity contribution in [2.45, 2.75) is 12.5 Å². The highest BCUT2D eigenvalue weighted by molar-refractivity contribution is 7.69. The number of amides is 1. The zero-order valence-electron chi connectivity index (χ0n) is 11.9. The number of hydrogen-bond acceptors (Lipinski definition) is 3. The van der Waals surface area contributed by atoms with Gasteiger partial charge in [-0.25, -0.2) is 0 Å². The second-order valence-corrected chi connectivity index (χ2v) is 6.18. The Bertz CT molecular complexity index is 804. The molecule has 2 N–H and O–H groups in total. The summed E-state index contributed by atoms with van der Waals surface area (Å²) >= 11 is 6.91. The zero-order valence-corrected chi connectivity index (χ0v) is 13.5. The summed E-state index contributed by atoms with van der Waals surface area (Å²) in [6.07, 6.45) is -0.395. The van der Waals surface area contributed by atoms with Gasteiger partial charge in [0.25, 0.3) is 5.91 Å². The molecule has 1 aliphatic heterocycles. The molecule has 0 radical (unpaired) electrons. The summed E-state index contributed by atoms with van der Waals surface area (Å²) in [4.78, 5) is 13.1. The van der Waals surface area contributed by atoms with E-state index in [2.05, 4.69) is 9.84 Å². The van der Waals surface area contributed by atoms with Crippen molar-refractivity contribution in [2.24, 2.45) is 4.53 Å². The van der Waals surface area contributed by atoms with E-state index in [9.17, 15) is 4.79 Å². The molecule has 1 heterocycles. The fraction of sp³-hybridized carbons (Fsp3) is 0.125. The number of hydrogen-bond donors (Lipinski definition) is 2. The molecule has 1 amide bonds. The average molecular weight is 349 g/mol. The summed E-state index contributed by atoms with van der Waals surface area (Å²) in [6.45, 7) is 0.